The maximum Gasteiger partial charge on any atom is 0.191 e. The third-order valence-electron chi connectivity index (χ3n) is 4.28. The molecule has 0 aliphatic rings. The minimum absolute atomic E-state index is 0.0781. The fourth-order valence-electron chi connectivity index (χ4n) is 2.94. The fourth-order valence-corrected chi connectivity index (χ4v) is 3.20. The molecular formula is C20H18ClFN4. The highest BCUT2D eigenvalue weighted by atomic mass is 35.5. The van der Waals surface area contributed by atoms with Crippen molar-refractivity contribution < 1.29 is 4.39 Å². The van der Waals surface area contributed by atoms with E-state index >= 15 is 0 Å². The van der Waals surface area contributed by atoms with Gasteiger partial charge in [-0.15, -0.1) is 0 Å². The first-order chi connectivity index (χ1) is 12.3. The summed E-state index contributed by atoms with van der Waals surface area (Å²) < 4.78 is 14.6. The summed E-state index contributed by atoms with van der Waals surface area (Å²) in [6.45, 7) is 7.67. The first-order valence-electron chi connectivity index (χ1n) is 7.94. The summed E-state index contributed by atoms with van der Waals surface area (Å²) in [5.74, 6) is -0.466. The van der Waals surface area contributed by atoms with E-state index in [1.165, 1.54) is 6.07 Å². The highest BCUT2D eigenvalue weighted by Crippen LogP contribution is 2.39. The zero-order chi connectivity index (χ0) is 19.0. The van der Waals surface area contributed by atoms with Crippen LogP contribution in [0.25, 0.3) is 27.7 Å². The van der Waals surface area contributed by atoms with Crippen molar-refractivity contribution in [3.8, 4) is 11.1 Å². The van der Waals surface area contributed by atoms with Gasteiger partial charge in [0.15, 0.2) is 5.96 Å². The van der Waals surface area contributed by atoms with Gasteiger partial charge in [-0.2, -0.15) is 0 Å². The summed E-state index contributed by atoms with van der Waals surface area (Å²) in [5.41, 5.74) is 15.4. The van der Waals surface area contributed by atoms with Crippen LogP contribution in [0.5, 0.6) is 0 Å². The summed E-state index contributed by atoms with van der Waals surface area (Å²) in [4.78, 5) is 8.59. The molecule has 0 amide bonds. The van der Waals surface area contributed by atoms with E-state index in [4.69, 9.17) is 23.1 Å². The second-order valence-corrected chi connectivity index (χ2v) is 6.42. The monoisotopic (exact) mass is 368 g/mol. The van der Waals surface area contributed by atoms with Gasteiger partial charge < -0.3 is 11.5 Å². The van der Waals surface area contributed by atoms with Crippen LogP contribution in [0.15, 0.2) is 48.0 Å². The number of aromatic nitrogens is 1. The van der Waals surface area contributed by atoms with E-state index in [-0.39, 0.29) is 11.8 Å². The molecule has 0 fully saturated rings. The third kappa shape index (κ3) is 3.13. The number of rotatable bonds is 3. The third-order valence-corrected chi connectivity index (χ3v) is 4.60. The minimum atomic E-state index is -0.388. The molecule has 6 heteroatoms. The SMILES string of the molecule is C=C(N=C(N)N)c1ccc2nc(C)c(C)c(-c3c(F)cccc3Cl)c2c1. The maximum absolute atomic E-state index is 14.6. The molecule has 0 bridgehead atoms. The van der Waals surface area contributed by atoms with Gasteiger partial charge in [0.2, 0.25) is 0 Å². The van der Waals surface area contributed by atoms with E-state index in [1.54, 1.807) is 12.1 Å². The highest BCUT2D eigenvalue weighted by Gasteiger charge is 2.18. The summed E-state index contributed by atoms with van der Waals surface area (Å²) in [7, 11) is 0. The maximum atomic E-state index is 14.6. The Bertz CT molecular complexity index is 1050. The lowest BCUT2D eigenvalue weighted by atomic mass is 9.93. The molecule has 4 nitrogen and oxygen atoms in total. The van der Waals surface area contributed by atoms with Crippen LogP contribution >= 0.6 is 11.6 Å². The number of pyridine rings is 1. The summed E-state index contributed by atoms with van der Waals surface area (Å²) in [6, 6.07) is 10.2. The zero-order valence-corrected chi connectivity index (χ0v) is 15.2. The van der Waals surface area contributed by atoms with Gasteiger partial charge in [-0.1, -0.05) is 30.3 Å². The number of aryl methyl sites for hydroxylation is 1. The van der Waals surface area contributed by atoms with E-state index in [1.807, 2.05) is 32.0 Å². The van der Waals surface area contributed by atoms with Crippen molar-refractivity contribution in [3.63, 3.8) is 0 Å². The first kappa shape index (κ1) is 17.9. The minimum Gasteiger partial charge on any atom is -0.370 e. The van der Waals surface area contributed by atoms with Gasteiger partial charge in [0.25, 0.3) is 0 Å². The van der Waals surface area contributed by atoms with Crippen LogP contribution in [0.4, 0.5) is 4.39 Å². The van der Waals surface area contributed by atoms with Crippen LogP contribution in [0, 0.1) is 19.7 Å². The molecular weight excluding hydrogens is 351 g/mol. The van der Waals surface area contributed by atoms with Crippen LogP contribution < -0.4 is 11.5 Å². The van der Waals surface area contributed by atoms with Crippen LogP contribution in [0.2, 0.25) is 5.02 Å². The number of aliphatic imine (C=N–C) groups is 1. The quantitative estimate of drug-likeness (QED) is 0.525. The largest absolute Gasteiger partial charge is 0.370 e. The van der Waals surface area contributed by atoms with Crippen molar-refractivity contribution in [3.05, 3.63) is 70.6 Å². The summed E-state index contributed by atoms with van der Waals surface area (Å²) in [6.07, 6.45) is 0. The molecule has 0 atom stereocenters. The molecule has 0 saturated heterocycles. The Labute approximate surface area is 156 Å². The zero-order valence-electron chi connectivity index (χ0n) is 14.5. The molecule has 1 heterocycles. The van der Waals surface area contributed by atoms with E-state index in [9.17, 15) is 4.39 Å². The molecule has 1 aromatic heterocycles. The van der Waals surface area contributed by atoms with Gasteiger partial charge in [-0.05, 0) is 43.7 Å². The second-order valence-electron chi connectivity index (χ2n) is 6.01. The Morgan fingerprint density at radius 2 is 1.88 bits per heavy atom. The number of hydrogen-bond donors (Lipinski definition) is 2. The standard InChI is InChI=1S/C20H18ClFN4/c1-10-11(2)25-17-8-7-13(12(3)26-20(23)24)9-14(17)18(10)19-15(21)5-4-6-16(19)22/h4-9H,3H2,1-2H3,(H4,23,24,26). The average molecular weight is 369 g/mol. The molecule has 0 saturated carbocycles. The normalized spacial score (nSPS) is 10.8. The predicted molar refractivity (Wildman–Crippen MR) is 106 cm³/mol. The topological polar surface area (TPSA) is 77.3 Å². The number of halogens is 2. The number of fused-ring (bicyclic) bond motifs is 1. The van der Waals surface area contributed by atoms with Crippen molar-refractivity contribution in [2.75, 3.05) is 0 Å². The Balaban J connectivity index is 2.39. The number of hydrogen-bond acceptors (Lipinski definition) is 2. The first-order valence-corrected chi connectivity index (χ1v) is 8.31. The summed E-state index contributed by atoms with van der Waals surface area (Å²) in [5, 5.41) is 1.10. The van der Waals surface area contributed by atoms with Crippen LogP contribution in [-0.2, 0) is 0 Å². The lowest BCUT2D eigenvalue weighted by molar-refractivity contribution is 0.631. The number of nitrogens with zero attached hydrogens (tertiary/aromatic N) is 2. The average Bonchev–Trinajstić information content (AvgIpc) is 2.57. The summed E-state index contributed by atoms with van der Waals surface area (Å²) >= 11 is 6.33. The molecule has 3 aromatic rings. The van der Waals surface area contributed by atoms with E-state index in [0.29, 0.717) is 27.4 Å². The van der Waals surface area contributed by atoms with E-state index in [0.717, 1.165) is 22.2 Å². The Kier molecular flexibility index (Phi) is 4.66. The molecule has 26 heavy (non-hydrogen) atoms. The van der Waals surface area contributed by atoms with Gasteiger partial charge in [0.1, 0.15) is 5.82 Å². The van der Waals surface area contributed by atoms with Crippen molar-refractivity contribution in [2.24, 2.45) is 16.5 Å². The van der Waals surface area contributed by atoms with E-state index in [2.05, 4.69) is 16.6 Å². The Morgan fingerprint density at radius 3 is 2.54 bits per heavy atom. The molecule has 3 rings (SSSR count). The van der Waals surface area contributed by atoms with E-state index < -0.39 is 0 Å². The molecule has 0 spiro atoms. The molecule has 132 valence electrons. The Hall–Kier alpha value is -2.92. The van der Waals surface area contributed by atoms with Crippen molar-refractivity contribution in [1.82, 2.24) is 4.98 Å². The lowest BCUT2D eigenvalue weighted by Crippen LogP contribution is -2.22. The lowest BCUT2D eigenvalue weighted by Gasteiger charge is -2.16. The second kappa shape index (κ2) is 6.77. The highest BCUT2D eigenvalue weighted by molar-refractivity contribution is 6.33. The van der Waals surface area contributed by atoms with Crippen molar-refractivity contribution in [1.29, 1.82) is 0 Å². The Morgan fingerprint density at radius 1 is 1.15 bits per heavy atom. The van der Waals surface area contributed by atoms with Gasteiger partial charge in [-0.3, -0.25) is 4.98 Å². The smallest absolute Gasteiger partial charge is 0.191 e. The number of nitrogens with two attached hydrogens (primary N) is 2. The van der Waals surface area contributed by atoms with Crippen molar-refractivity contribution in [2.45, 2.75) is 13.8 Å². The van der Waals surface area contributed by atoms with Gasteiger partial charge in [-0.25, -0.2) is 9.38 Å². The fraction of sp³-hybridized carbons (Fsp3) is 0.100. The molecule has 0 unspecified atom stereocenters. The molecule has 0 radical (unpaired) electrons. The molecule has 4 N–H and O–H groups in total. The van der Waals surface area contributed by atoms with Gasteiger partial charge >= 0.3 is 0 Å². The molecule has 0 aliphatic heterocycles. The number of benzene rings is 2. The van der Waals surface area contributed by atoms with Gasteiger partial charge in [0.05, 0.1) is 16.2 Å². The van der Waals surface area contributed by atoms with Gasteiger partial charge in [0, 0.05) is 27.8 Å². The molecule has 0 aliphatic carbocycles. The predicted octanol–water partition coefficient (Wildman–Crippen LogP) is 4.56. The van der Waals surface area contributed by atoms with Crippen LogP contribution in [-0.4, -0.2) is 10.9 Å². The number of guanidine groups is 1. The van der Waals surface area contributed by atoms with Crippen LogP contribution in [0.3, 0.4) is 0 Å². The van der Waals surface area contributed by atoms with Crippen LogP contribution in [0.1, 0.15) is 16.8 Å². The molecule has 2 aromatic carbocycles. The van der Waals surface area contributed by atoms with Crippen molar-refractivity contribution >= 4 is 34.2 Å².